The predicted octanol–water partition coefficient (Wildman–Crippen LogP) is 7.75. The van der Waals surface area contributed by atoms with Crippen LogP contribution in [0.2, 0.25) is 5.02 Å². The number of hydrogen-bond acceptors (Lipinski definition) is 4. The van der Waals surface area contributed by atoms with Gasteiger partial charge in [0.2, 0.25) is 0 Å². The predicted molar refractivity (Wildman–Crippen MR) is 163 cm³/mol. The van der Waals surface area contributed by atoms with Crippen LogP contribution in [0.5, 0.6) is 0 Å². The maximum atomic E-state index is 13.3. The molecule has 0 bridgehead atoms. The molecule has 5 rings (SSSR count). The zero-order chi connectivity index (χ0) is 27.9. The molecular formula is C32H36ClN5OS. The molecule has 6 nitrogen and oxygen atoms in total. The average molecular weight is 574 g/mol. The number of rotatable bonds is 9. The lowest BCUT2D eigenvalue weighted by molar-refractivity contribution is 0.228. The fourth-order valence-electron chi connectivity index (χ4n) is 5.29. The van der Waals surface area contributed by atoms with Crippen molar-refractivity contribution in [2.24, 2.45) is 0 Å². The summed E-state index contributed by atoms with van der Waals surface area (Å²) < 4.78 is 2.07. The van der Waals surface area contributed by atoms with Crippen LogP contribution in [0.25, 0.3) is 5.69 Å². The number of hydrogen-bond donors (Lipinski definition) is 2. The minimum absolute atomic E-state index is 0.167. The molecule has 2 N–H and O–H groups in total. The zero-order valence-electron chi connectivity index (χ0n) is 23.1. The zero-order valence-corrected chi connectivity index (χ0v) is 24.6. The van der Waals surface area contributed by atoms with Crippen LogP contribution in [0.15, 0.2) is 78.0 Å². The molecule has 40 heavy (non-hydrogen) atoms. The molecule has 1 aromatic heterocycles. The van der Waals surface area contributed by atoms with Gasteiger partial charge in [0.1, 0.15) is 0 Å². The average Bonchev–Trinajstić information content (AvgIpc) is 3.38. The van der Waals surface area contributed by atoms with Crippen molar-refractivity contribution in [3.8, 4) is 5.69 Å². The Balaban J connectivity index is 1.50. The van der Waals surface area contributed by atoms with Gasteiger partial charge in [-0.1, -0.05) is 109 Å². The lowest BCUT2D eigenvalue weighted by atomic mass is 9.96. The van der Waals surface area contributed by atoms with E-state index < -0.39 is 6.04 Å². The van der Waals surface area contributed by atoms with Gasteiger partial charge in [0.25, 0.3) is 0 Å². The lowest BCUT2D eigenvalue weighted by Gasteiger charge is -2.25. The molecule has 0 saturated heterocycles. The number of nitrogens with one attached hydrogen (secondary N) is 2. The Morgan fingerprint density at radius 2 is 1.75 bits per heavy atom. The standard InChI is InChI=1S/C32H36ClN5OS/c1-22-10-9-13-25(18-22)21-40-32-37-36-30(38(32)29-20-26(33)17-16-23(29)2)28(19-24-11-5-3-6-12-24)35-31(39)34-27-14-7-4-8-15-27/h3,5-6,9-13,16-18,20,27-28H,4,7-8,14-15,19,21H2,1-2H3,(H2,34,35,39). The molecule has 1 aliphatic rings. The second-order valence-corrected chi connectivity index (χ2v) is 12.0. The third kappa shape index (κ3) is 7.26. The van der Waals surface area contributed by atoms with E-state index in [9.17, 15) is 4.79 Å². The first-order valence-electron chi connectivity index (χ1n) is 14.0. The highest BCUT2D eigenvalue weighted by molar-refractivity contribution is 7.98. The molecule has 3 aromatic carbocycles. The Labute approximate surface area is 245 Å². The molecule has 1 unspecified atom stereocenters. The SMILES string of the molecule is Cc1cccc(CSc2nnc(C(Cc3ccccc3)NC(=O)NC3CCCCC3)n2-c2cc(Cl)ccc2C)c1. The number of nitrogens with zero attached hydrogens (tertiary/aromatic N) is 3. The van der Waals surface area contributed by atoms with Crippen molar-refractivity contribution in [1.82, 2.24) is 25.4 Å². The van der Waals surface area contributed by atoms with E-state index in [1.165, 1.54) is 17.5 Å². The molecule has 1 heterocycles. The first-order chi connectivity index (χ1) is 19.5. The molecule has 1 saturated carbocycles. The monoisotopic (exact) mass is 573 g/mol. The number of carbonyl (C=O) groups is 1. The van der Waals surface area contributed by atoms with Gasteiger partial charge >= 0.3 is 6.03 Å². The molecule has 8 heteroatoms. The van der Waals surface area contributed by atoms with Crippen molar-refractivity contribution >= 4 is 29.4 Å². The second-order valence-electron chi connectivity index (χ2n) is 10.6. The van der Waals surface area contributed by atoms with Crippen LogP contribution in [-0.4, -0.2) is 26.8 Å². The Morgan fingerprint density at radius 1 is 0.975 bits per heavy atom. The van der Waals surface area contributed by atoms with Crippen LogP contribution >= 0.6 is 23.4 Å². The molecule has 2 amide bonds. The molecule has 4 aromatic rings. The molecule has 0 radical (unpaired) electrons. The minimum Gasteiger partial charge on any atom is -0.335 e. The van der Waals surface area contributed by atoms with Gasteiger partial charge < -0.3 is 10.6 Å². The molecular weight excluding hydrogens is 538 g/mol. The van der Waals surface area contributed by atoms with E-state index in [0.29, 0.717) is 17.3 Å². The van der Waals surface area contributed by atoms with Gasteiger partial charge in [0.05, 0.1) is 11.7 Å². The lowest BCUT2D eigenvalue weighted by Crippen LogP contribution is -2.45. The fourth-order valence-corrected chi connectivity index (χ4v) is 6.35. The molecule has 0 spiro atoms. The van der Waals surface area contributed by atoms with Gasteiger partial charge in [0, 0.05) is 23.2 Å². The highest BCUT2D eigenvalue weighted by Crippen LogP contribution is 2.31. The number of aryl methyl sites for hydroxylation is 2. The topological polar surface area (TPSA) is 71.8 Å². The van der Waals surface area contributed by atoms with Crippen LogP contribution < -0.4 is 10.6 Å². The van der Waals surface area contributed by atoms with Crippen molar-refractivity contribution in [2.45, 2.75) is 75.4 Å². The van der Waals surface area contributed by atoms with E-state index in [1.807, 2.05) is 36.4 Å². The van der Waals surface area contributed by atoms with Crippen molar-refractivity contribution in [2.75, 3.05) is 0 Å². The third-order valence-corrected chi connectivity index (χ3v) is 8.60. The van der Waals surface area contributed by atoms with Gasteiger partial charge in [0.15, 0.2) is 11.0 Å². The first kappa shape index (κ1) is 28.2. The van der Waals surface area contributed by atoms with Crippen LogP contribution in [-0.2, 0) is 12.2 Å². The van der Waals surface area contributed by atoms with Crippen LogP contribution in [0.4, 0.5) is 4.79 Å². The number of aromatic nitrogens is 3. The van der Waals surface area contributed by atoms with Crippen molar-refractivity contribution in [1.29, 1.82) is 0 Å². The summed E-state index contributed by atoms with van der Waals surface area (Å²) in [6.45, 7) is 4.15. The maximum absolute atomic E-state index is 13.3. The quantitative estimate of drug-likeness (QED) is 0.201. The normalized spacial score (nSPS) is 14.6. The Bertz CT molecular complexity index is 1430. The van der Waals surface area contributed by atoms with E-state index in [0.717, 1.165) is 53.4 Å². The Morgan fingerprint density at radius 3 is 2.52 bits per heavy atom. The van der Waals surface area contributed by atoms with Crippen LogP contribution in [0.3, 0.4) is 0 Å². The van der Waals surface area contributed by atoms with Gasteiger partial charge in [-0.15, -0.1) is 10.2 Å². The summed E-state index contributed by atoms with van der Waals surface area (Å²) in [7, 11) is 0. The largest absolute Gasteiger partial charge is 0.335 e. The summed E-state index contributed by atoms with van der Waals surface area (Å²) in [5.74, 6) is 1.43. The summed E-state index contributed by atoms with van der Waals surface area (Å²) in [5.41, 5.74) is 5.51. The second kappa shape index (κ2) is 13.4. The van der Waals surface area contributed by atoms with E-state index in [1.54, 1.807) is 11.8 Å². The highest BCUT2D eigenvalue weighted by atomic mass is 35.5. The van der Waals surface area contributed by atoms with Crippen molar-refractivity contribution in [3.05, 3.63) is 106 Å². The third-order valence-electron chi connectivity index (χ3n) is 7.36. The van der Waals surface area contributed by atoms with Gasteiger partial charge in [-0.25, -0.2) is 4.79 Å². The van der Waals surface area contributed by atoms with Crippen LogP contribution in [0, 0.1) is 13.8 Å². The first-order valence-corrected chi connectivity index (χ1v) is 15.3. The minimum atomic E-state index is -0.398. The summed E-state index contributed by atoms with van der Waals surface area (Å²) in [5, 5.41) is 17.2. The summed E-state index contributed by atoms with van der Waals surface area (Å²) in [4.78, 5) is 13.3. The smallest absolute Gasteiger partial charge is 0.315 e. The number of benzene rings is 3. The fraction of sp³-hybridized carbons (Fsp3) is 0.344. The van der Waals surface area contributed by atoms with Crippen molar-refractivity contribution < 1.29 is 4.79 Å². The molecule has 208 valence electrons. The summed E-state index contributed by atoms with van der Waals surface area (Å²) in [6, 6.07) is 24.2. The van der Waals surface area contributed by atoms with Gasteiger partial charge in [-0.05, 0) is 55.5 Å². The van der Waals surface area contributed by atoms with Gasteiger partial charge in [-0.2, -0.15) is 0 Å². The molecule has 1 atom stereocenters. The summed E-state index contributed by atoms with van der Waals surface area (Å²) >= 11 is 8.12. The number of urea groups is 1. The molecule has 1 fully saturated rings. The van der Waals surface area contributed by atoms with E-state index in [4.69, 9.17) is 16.7 Å². The number of thioether (sulfide) groups is 1. The van der Waals surface area contributed by atoms with Crippen molar-refractivity contribution in [3.63, 3.8) is 0 Å². The van der Waals surface area contributed by atoms with Crippen LogP contribution in [0.1, 0.15) is 66.2 Å². The number of halogens is 1. The van der Waals surface area contributed by atoms with E-state index >= 15 is 0 Å². The Hall–Kier alpha value is -3.29. The summed E-state index contributed by atoms with van der Waals surface area (Å²) in [6.07, 6.45) is 6.17. The Kier molecular flexibility index (Phi) is 9.45. The molecule has 1 aliphatic carbocycles. The number of carbonyl (C=O) groups excluding carboxylic acids is 1. The van der Waals surface area contributed by atoms with E-state index in [-0.39, 0.29) is 12.1 Å². The highest BCUT2D eigenvalue weighted by Gasteiger charge is 2.27. The molecule has 0 aliphatic heterocycles. The number of amides is 2. The van der Waals surface area contributed by atoms with Gasteiger partial charge in [-0.3, -0.25) is 4.57 Å². The van der Waals surface area contributed by atoms with E-state index in [2.05, 4.69) is 70.5 Å². The maximum Gasteiger partial charge on any atom is 0.315 e.